The number of nitrogens with zero attached hydrogens (tertiary/aromatic N) is 1. The van der Waals surface area contributed by atoms with Crippen molar-refractivity contribution < 1.29 is 9.59 Å². The molecule has 1 aliphatic rings. The van der Waals surface area contributed by atoms with Gasteiger partial charge in [0.15, 0.2) is 0 Å². The molecule has 0 spiro atoms. The Labute approximate surface area is 120 Å². The van der Waals surface area contributed by atoms with Crippen LogP contribution in [-0.2, 0) is 10.2 Å². The van der Waals surface area contributed by atoms with Gasteiger partial charge in [-0.2, -0.15) is 0 Å². The molecule has 1 aromatic rings. The molecule has 108 valence electrons. The summed E-state index contributed by atoms with van der Waals surface area (Å²) >= 11 is 0. The highest BCUT2D eigenvalue weighted by Gasteiger charge is 2.30. The fourth-order valence-corrected chi connectivity index (χ4v) is 2.32. The van der Waals surface area contributed by atoms with E-state index in [2.05, 4.69) is 26.1 Å². The average Bonchev–Trinajstić information content (AvgIpc) is 2.70. The van der Waals surface area contributed by atoms with Crippen molar-refractivity contribution in [2.45, 2.75) is 38.6 Å². The van der Waals surface area contributed by atoms with E-state index in [1.165, 1.54) is 5.56 Å². The van der Waals surface area contributed by atoms with Crippen molar-refractivity contribution in [1.29, 1.82) is 0 Å². The van der Waals surface area contributed by atoms with Gasteiger partial charge in [0.25, 0.3) is 5.91 Å². The van der Waals surface area contributed by atoms with E-state index in [0.717, 1.165) is 0 Å². The summed E-state index contributed by atoms with van der Waals surface area (Å²) < 4.78 is 0. The van der Waals surface area contributed by atoms with Gasteiger partial charge in [-0.05, 0) is 29.5 Å². The number of likely N-dealkylation sites (N-methyl/N-ethyl adjacent to an activating group) is 1. The second-order valence-electron chi connectivity index (χ2n) is 6.40. The maximum Gasteiger partial charge on any atom is 0.251 e. The monoisotopic (exact) mass is 274 g/mol. The van der Waals surface area contributed by atoms with Crippen molar-refractivity contribution in [2.75, 3.05) is 13.6 Å². The first-order valence-electron chi connectivity index (χ1n) is 6.95. The maximum atomic E-state index is 12.1. The molecule has 1 unspecified atom stereocenters. The van der Waals surface area contributed by atoms with Crippen LogP contribution in [0.15, 0.2) is 24.3 Å². The zero-order chi connectivity index (χ0) is 14.9. The number of rotatable bonds is 2. The number of carbonyl (C=O) groups is 2. The van der Waals surface area contributed by atoms with Gasteiger partial charge in [-0.25, -0.2) is 0 Å². The van der Waals surface area contributed by atoms with Gasteiger partial charge < -0.3 is 10.2 Å². The normalized spacial score (nSPS) is 19.3. The van der Waals surface area contributed by atoms with Crippen LogP contribution >= 0.6 is 0 Å². The molecule has 4 heteroatoms. The Kier molecular flexibility index (Phi) is 3.84. The molecule has 0 aromatic heterocycles. The van der Waals surface area contributed by atoms with E-state index in [-0.39, 0.29) is 23.3 Å². The Hall–Kier alpha value is -1.84. The van der Waals surface area contributed by atoms with Crippen LogP contribution in [0, 0.1) is 0 Å². The lowest BCUT2D eigenvalue weighted by Gasteiger charge is -2.19. The number of hydrogen-bond acceptors (Lipinski definition) is 2. The quantitative estimate of drug-likeness (QED) is 0.896. The minimum Gasteiger partial charge on any atom is -0.344 e. The number of amides is 2. The van der Waals surface area contributed by atoms with Gasteiger partial charge >= 0.3 is 0 Å². The summed E-state index contributed by atoms with van der Waals surface area (Å²) in [5.74, 6) is -0.191. The second kappa shape index (κ2) is 5.27. The largest absolute Gasteiger partial charge is 0.344 e. The molecule has 1 aliphatic heterocycles. The van der Waals surface area contributed by atoms with Gasteiger partial charge in [0.1, 0.15) is 6.04 Å². The smallest absolute Gasteiger partial charge is 0.251 e. The first kappa shape index (κ1) is 14.6. The van der Waals surface area contributed by atoms with E-state index in [1.54, 1.807) is 11.9 Å². The van der Waals surface area contributed by atoms with E-state index in [4.69, 9.17) is 0 Å². The zero-order valence-corrected chi connectivity index (χ0v) is 12.6. The number of benzene rings is 1. The number of likely N-dealkylation sites (tertiary alicyclic amines) is 1. The van der Waals surface area contributed by atoms with Crippen LogP contribution in [0.25, 0.3) is 0 Å². The molecule has 1 atom stereocenters. The molecule has 20 heavy (non-hydrogen) atoms. The average molecular weight is 274 g/mol. The van der Waals surface area contributed by atoms with E-state index in [9.17, 15) is 9.59 Å². The lowest BCUT2D eigenvalue weighted by Crippen LogP contribution is -2.40. The summed E-state index contributed by atoms with van der Waals surface area (Å²) in [6.45, 7) is 7.10. The maximum absolute atomic E-state index is 12.1. The van der Waals surface area contributed by atoms with Crippen LogP contribution in [0.3, 0.4) is 0 Å². The summed E-state index contributed by atoms with van der Waals surface area (Å²) in [6, 6.07) is 7.20. The Balaban J connectivity index is 2.05. The molecule has 2 amide bonds. The van der Waals surface area contributed by atoms with Crippen molar-refractivity contribution >= 4 is 11.8 Å². The molecular weight excluding hydrogens is 252 g/mol. The summed E-state index contributed by atoms with van der Waals surface area (Å²) in [4.78, 5) is 25.5. The molecule has 4 nitrogen and oxygen atoms in total. The fourth-order valence-electron chi connectivity index (χ4n) is 2.32. The van der Waals surface area contributed by atoms with Gasteiger partial charge in [-0.3, -0.25) is 9.59 Å². The van der Waals surface area contributed by atoms with E-state index in [0.29, 0.717) is 18.5 Å². The van der Waals surface area contributed by atoms with Crippen LogP contribution in [0.1, 0.15) is 43.1 Å². The van der Waals surface area contributed by atoms with E-state index >= 15 is 0 Å². The highest BCUT2D eigenvalue weighted by atomic mass is 16.2. The standard InChI is InChI=1S/C16H22N2O2/c1-16(2,3)12-7-5-11(6-8-12)14(19)17-13-9-10-18(4)15(13)20/h5-8,13H,9-10H2,1-4H3,(H,17,19). The summed E-state index contributed by atoms with van der Waals surface area (Å²) in [7, 11) is 1.76. The third-order valence-corrected chi connectivity index (χ3v) is 3.75. The molecule has 1 saturated heterocycles. The third kappa shape index (κ3) is 3.00. The Morgan fingerprint density at radius 1 is 1.25 bits per heavy atom. The predicted molar refractivity (Wildman–Crippen MR) is 78.7 cm³/mol. The summed E-state index contributed by atoms with van der Waals surface area (Å²) in [5.41, 5.74) is 1.85. The number of hydrogen-bond donors (Lipinski definition) is 1. The second-order valence-corrected chi connectivity index (χ2v) is 6.40. The fraction of sp³-hybridized carbons (Fsp3) is 0.500. The van der Waals surface area contributed by atoms with Gasteiger partial charge in [0.2, 0.25) is 5.91 Å². The molecule has 0 radical (unpaired) electrons. The Morgan fingerprint density at radius 2 is 1.85 bits per heavy atom. The van der Waals surface area contributed by atoms with Crippen molar-refractivity contribution in [2.24, 2.45) is 0 Å². The third-order valence-electron chi connectivity index (χ3n) is 3.75. The molecule has 1 heterocycles. The van der Waals surface area contributed by atoms with E-state index < -0.39 is 0 Å². The molecule has 1 aromatic carbocycles. The van der Waals surface area contributed by atoms with Crippen LogP contribution in [0.4, 0.5) is 0 Å². The highest BCUT2D eigenvalue weighted by Crippen LogP contribution is 2.22. The molecule has 2 rings (SSSR count). The van der Waals surface area contributed by atoms with Crippen LogP contribution < -0.4 is 5.32 Å². The van der Waals surface area contributed by atoms with Gasteiger partial charge in [0.05, 0.1) is 0 Å². The number of nitrogens with one attached hydrogen (secondary N) is 1. The SMILES string of the molecule is CN1CCC(NC(=O)c2ccc(C(C)(C)C)cc2)C1=O. The lowest BCUT2D eigenvalue weighted by atomic mass is 9.86. The summed E-state index contributed by atoms with van der Waals surface area (Å²) in [6.07, 6.45) is 0.682. The van der Waals surface area contributed by atoms with Crippen molar-refractivity contribution in [3.63, 3.8) is 0 Å². The predicted octanol–water partition coefficient (Wildman–Crippen LogP) is 1.94. The van der Waals surface area contributed by atoms with Gasteiger partial charge in [0, 0.05) is 19.2 Å². The summed E-state index contributed by atoms with van der Waals surface area (Å²) in [5, 5.41) is 2.80. The molecule has 0 bridgehead atoms. The van der Waals surface area contributed by atoms with Gasteiger partial charge in [-0.15, -0.1) is 0 Å². The Morgan fingerprint density at radius 3 is 2.30 bits per heavy atom. The van der Waals surface area contributed by atoms with Crippen molar-refractivity contribution in [3.05, 3.63) is 35.4 Å². The van der Waals surface area contributed by atoms with Crippen LogP contribution in [-0.4, -0.2) is 36.3 Å². The van der Waals surface area contributed by atoms with Crippen molar-refractivity contribution in [1.82, 2.24) is 10.2 Å². The van der Waals surface area contributed by atoms with Crippen molar-refractivity contribution in [3.8, 4) is 0 Å². The molecule has 0 saturated carbocycles. The minimum absolute atomic E-state index is 0.00957. The Bertz CT molecular complexity index is 514. The lowest BCUT2D eigenvalue weighted by molar-refractivity contribution is -0.128. The van der Waals surface area contributed by atoms with Gasteiger partial charge in [-0.1, -0.05) is 32.9 Å². The molecule has 1 fully saturated rings. The first-order chi connectivity index (χ1) is 9.29. The molecule has 0 aliphatic carbocycles. The highest BCUT2D eigenvalue weighted by molar-refractivity contribution is 5.98. The molecular formula is C16H22N2O2. The topological polar surface area (TPSA) is 49.4 Å². The zero-order valence-electron chi connectivity index (χ0n) is 12.6. The molecule has 1 N–H and O–H groups in total. The minimum atomic E-state index is -0.380. The first-order valence-corrected chi connectivity index (χ1v) is 6.95. The number of carbonyl (C=O) groups excluding carboxylic acids is 2. The van der Waals surface area contributed by atoms with E-state index in [1.807, 2.05) is 24.3 Å². The van der Waals surface area contributed by atoms with Crippen LogP contribution in [0.2, 0.25) is 0 Å². The van der Waals surface area contributed by atoms with Crippen LogP contribution in [0.5, 0.6) is 0 Å².